The predicted octanol–water partition coefficient (Wildman–Crippen LogP) is 4.44. The molecule has 0 saturated carbocycles. The minimum Gasteiger partial charge on any atom is -0.494 e. The maximum Gasteiger partial charge on any atom is 0.144 e. The number of fused-ring (bicyclic) bond motifs is 1. The number of rotatable bonds is 3. The van der Waals surface area contributed by atoms with E-state index >= 15 is 0 Å². The summed E-state index contributed by atoms with van der Waals surface area (Å²) in [7, 11) is 1.65. The van der Waals surface area contributed by atoms with Crippen LogP contribution < -0.4 is 10.1 Å². The third kappa shape index (κ3) is 2.86. The Kier molecular flexibility index (Phi) is 4.14. The molecule has 5 heteroatoms. The van der Waals surface area contributed by atoms with Crippen molar-refractivity contribution in [3.63, 3.8) is 0 Å². The lowest BCUT2D eigenvalue weighted by Gasteiger charge is -2.12. The van der Waals surface area contributed by atoms with E-state index in [2.05, 4.69) is 5.32 Å². The number of nitrogens with zero attached hydrogens (tertiary/aromatic N) is 2. The topological polar surface area (TPSA) is 39.1 Å². The van der Waals surface area contributed by atoms with Crippen LogP contribution in [-0.2, 0) is 6.42 Å². The normalized spacial score (nSPS) is 13.7. The molecule has 4 nitrogen and oxygen atoms in total. The van der Waals surface area contributed by atoms with E-state index in [1.807, 2.05) is 35.0 Å². The van der Waals surface area contributed by atoms with Crippen LogP contribution in [0.5, 0.6) is 5.75 Å². The number of para-hydroxylation sites is 2. The van der Waals surface area contributed by atoms with Gasteiger partial charge in [-0.2, -0.15) is 5.10 Å². The summed E-state index contributed by atoms with van der Waals surface area (Å²) in [5.74, 6) is 1.48. The standard InChI is InChI=1S/C20H20FN3O/c1-25-18-11-3-2-10-17(18)24-20-16(9-4-5-12-22-20)19(23-24)14-7-6-8-15(21)13-14/h2-3,6-8,10-11,13,22H,4-5,9,12H2,1H3. The highest BCUT2D eigenvalue weighted by Gasteiger charge is 2.23. The summed E-state index contributed by atoms with van der Waals surface area (Å²) < 4.78 is 21.1. The SMILES string of the molecule is COc1ccccc1-n1nc(-c2cccc(F)c2)c2c1NCCCC2. The zero-order chi connectivity index (χ0) is 17.2. The number of ether oxygens (including phenoxy) is 1. The number of anilines is 1. The predicted molar refractivity (Wildman–Crippen MR) is 96.9 cm³/mol. The van der Waals surface area contributed by atoms with Crippen molar-refractivity contribution in [3.8, 4) is 22.7 Å². The molecule has 0 saturated heterocycles. The Labute approximate surface area is 146 Å². The zero-order valence-electron chi connectivity index (χ0n) is 14.1. The Balaban J connectivity index is 1.94. The highest BCUT2D eigenvalue weighted by Crippen LogP contribution is 2.36. The van der Waals surface area contributed by atoms with E-state index in [0.29, 0.717) is 0 Å². The average Bonchev–Trinajstić information content (AvgIpc) is 2.82. The third-order valence-corrected chi connectivity index (χ3v) is 4.54. The van der Waals surface area contributed by atoms with Gasteiger partial charge < -0.3 is 10.1 Å². The van der Waals surface area contributed by atoms with Crippen molar-refractivity contribution in [1.29, 1.82) is 0 Å². The molecule has 128 valence electrons. The van der Waals surface area contributed by atoms with Gasteiger partial charge in [0.15, 0.2) is 0 Å². The molecule has 0 radical (unpaired) electrons. The Morgan fingerprint density at radius 3 is 2.84 bits per heavy atom. The molecule has 1 aromatic heterocycles. The number of aromatic nitrogens is 2. The Hall–Kier alpha value is -2.82. The lowest BCUT2D eigenvalue weighted by molar-refractivity contribution is 0.412. The molecule has 0 atom stereocenters. The molecule has 0 amide bonds. The van der Waals surface area contributed by atoms with Crippen LogP contribution in [0, 0.1) is 5.82 Å². The van der Waals surface area contributed by atoms with Crippen molar-refractivity contribution in [1.82, 2.24) is 9.78 Å². The van der Waals surface area contributed by atoms with Gasteiger partial charge in [0.1, 0.15) is 23.1 Å². The number of benzene rings is 2. The van der Waals surface area contributed by atoms with E-state index in [-0.39, 0.29) is 5.82 Å². The van der Waals surface area contributed by atoms with Gasteiger partial charge in [-0.15, -0.1) is 0 Å². The second-order valence-corrected chi connectivity index (χ2v) is 6.15. The van der Waals surface area contributed by atoms with Gasteiger partial charge in [0.25, 0.3) is 0 Å². The minimum absolute atomic E-state index is 0.250. The summed E-state index contributed by atoms with van der Waals surface area (Å²) in [6.07, 6.45) is 3.10. The fourth-order valence-electron chi connectivity index (χ4n) is 3.35. The van der Waals surface area contributed by atoms with Crippen LogP contribution >= 0.6 is 0 Å². The van der Waals surface area contributed by atoms with Gasteiger partial charge in [-0.25, -0.2) is 9.07 Å². The lowest BCUT2D eigenvalue weighted by atomic mass is 10.0. The van der Waals surface area contributed by atoms with Crippen molar-refractivity contribution in [2.45, 2.75) is 19.3 Å². The largest absolute Gasteiger partial charge is 0.494 e. The Bertz CT molecular complexity index is 904. The van der Waals surface area contributed by atoms with Crippen molar-refractivity contribution in [2.24, 2.45) is 0 Å². The van der Waals surface area contributed by atoms with E-state index < -0.39 is 0 Å². The van der Waals surface area contributed by atoms with E-state index in [0.717, 1.165) is 59.9 Å². The van der Waals surface area contributed by atoms with Gasteiger partial charge in [0.05, 0.1) is 12.8 Å². The van der Waals surface area contributed by atoms with Crippen LogP contribution in [0.4, 0.5) is 10.2 Å². The van der Waals surface area contributed by atoms with E-state index in [9.17, 15) is 4.39 Å². The zero-order valence-corrected chi connectivity index (χ0v) is 14.1. The first-order chi connectivity index (χ1) is 12.3. The lowest BCUT2D eigenvalue weighted by Crippen LogP contribution is -2.08. The highest BCUT2D eigenvalue weighted by molar-refractivity contribution is 5.72. The summed E-state index contributed by atoms with van der Waals surface area (Å²) in [5.41, 5.74) is 3.63. The number of hydrogen-bond donors (Lipinski definition) is 1. The van der Waals surface area contributed by atoms with Crippen LogP contribution in [0.3, 0.4) is 0 Å². The van der Waals surface area contributed by atoms with Crippen LogP contribution in [0.15, 0.2) is 48.5 Å². The Morgan fingerprint density at radius 1 is 1.12 bits per heavy atom. The summed E-state index contributed by atoms with van der Waals surface area (Å²) in [6, 6.07) is 14.4. The molecule has 1 aliphatic rings. The van der Waals surface area contributed by atoms with Crippen LogP contribution in [0.2, 0.25) is 0 Å². The quantitative estimate of drug-likeness (QED) is 0.768. The first-order valence-corrected chi connectivity index (χ1v) is 8.53. The van der Waals surface area contributed by atoms with Crippen LogP contribution in [0.25, 0.3) is 16.9 Å². The van der Waals surface area contributed by atoms with Gasteiger partial charge in [-0.3, -0.25) is 0 Å². The highest BCUT2D eigenvalue weighted by atomic mass is 19.1. The molecule has 3 aromatic rings. The van der Waals surface area contributed by atoms with E-state index in [1.165, 1.54) is 6.07 Å². The van der Waals surface area contributed by atoms with Crippen molar-refractivity contribution in [2.75, 3.05) is 19.0 Å². The number of hydrogen-bond acceptors (Lipinski definition) is 3. The number of halogens is 1. The molecule has 2 heterocycles. The smallest absolute Gasteiger partial charge is 0.144 e. The maximum atomic E-state index is 13.7. The van der Waals surface area contributed by atoms with Gasteiger partial charge in [-0.1, -0.05) is 24.3 Å². The number of methoxy groups -OCH3 is 1. The summed E-state index contributed by atoms with van der Waals surface area (Å²) in [6.45, 7) is 0.899. The molecule has 0 aliphatic carbocycles. The number of nitrogens with one attached hydrogen (secondary N) is 1. The minimum atomic E-state index is -0.250. The first-order valence-electron chi connectivity index (χ1n) is 8.53. The fourth-order valence-corrected chi connectivity index (χ4v) is 3.35. The summed E-state index contributed by atoms with van der Waals surface area (Å²) in [5, 5.41) is 8.33. The van der Waals surface area contributed by atoms with Crippen LogP contribution in [0.1, 0.15) is 18.4 Å². The van der Waals surface area contributed by atoms with Crippen molar-refractivity contribution < 1.29 is 9.13 Å². The van der Waals surface area contributed by atoms with Crippen LogP contribution in [-0.4, -0.2) is 23.4 Å². The van der Waals surface area contributed by atoms with E-state index in [1.54, 1.807) is 19.2 Å². The molecule has 0 spiro atoms. The van der Waals surface area contributed by atoms with Gasteiger partial charge >= 0.3 is 0 Å². The second kappa shape index (κ2) is 6.59. The molecule has 1 N–H and O–H groups in total. The molecule has 0 unspecified atom stereocenters. The monoisotopic (exact) mass is 337 g/mol. The first kappa shape index (κ1) is 15.7. The molecular weight excluding hydrogens is 317 g/mol. The molecular formula is C20H20FN3O. The van der Waals surface area contributed by atoms with Crippen molar-refractivity contribution in [3.05, 3.63) is 59.9 Å². The molecule has 1 aliphatic heterocycles. The van der Waals surface area contributed by atoms with Gasteiger partial charge in [0.2, 0.25) is 0 Å². The summed E-state index contributed by atoms with van der Waals surface area (Å²) >= 11 is 0. The van der Waals surface area contributed by atoms with Gasteiger partial charge in [0, 0.05) is 17.7 Å². The Morgan fingerprint density at radius 2 is 2.00 bits per heavy atom. The van der Waals surface area contributed by atoms with Crippen molar-refractivity contribution >= 4 is 5.82 Å². The molecule has 0 fully saturated rings. The maximum absolute atomic E-state index is 13.7. The molecule has 2 aromatic carbocycles. The molecule has 4 rings (SSSR count). The fraction of sp³-hybridized carbons (Fsp3) is 0.250. The van der Waals surface area contributed by atoms with E-state index in [4.69, 9.17) is 9.84 Å². The molecule has 0 bridgehead atoms. The third-order valence-electron chi connectivity index (χ3n) is 4.54. The second-order valence-electron chi connectivity index (χ2n) is 6.15. The molecule has 25 heavy (non-hydrogen) atoms. The van der Waals surface area contributed by atoms with Gasteiger partial charge in [-0.05, 0) is 43.5 Å². The summed E-state index contributed by atoms with van der Waals surface area (Å²) in [4.78, 5) is 0. The average molecular weight is 337 g/mol.